The average molecular weight is 366 g/mol. The van der Waals surface area contributed by atoms with Gasteiger partial charge in [-0.25, -0.2) is 0 Å². The summed E-state index contributed by atoms with van der Waals surface area (Å²) in [5, 5.41) is 3.42. The SMILES string of the molecule is COc1cc(N)c(Cl)cc1C(=O)NCCC1(N2CCCC2)CCCC1. The summed E-state index contributed by atoms with van der Waals surface area (Å²) in [5.74, 6) is 0.294. The Morgan fingerprint density at radius 2 is 1.96 bits per heavy atom. The third kappa shape index (κ3) is 3.87. The second kappa shape index (κ2) is 7.83. The van der Waals surface area contributed by atoms with Gasteiger partial charge in [0.15, 0.2) is 0 Å². The Bertz CT molecular complexity index is 623. The molecule has 0 aromatic heterocycles. The van der Waals surface area contributed by atoms with Crippen LogP contribution >= 0.6 is 11.6 Å². The number of methoxy groups -OCH3 is 1. The predicted molar refractivity (Wildman–Crippen MR) is 101 cm³/mol. The Morgan fingerprint density at radius 1 is 1.28 bits per heavy atom. The Kier molecular flexibility index (Phi) is 5.74. The maximum absolute atomic E-state index is 12.6. The maximum Gasteiger partial charge on any atom is 0.255 e. The molecule has 3 rings (SSSR count). The first-order valence-corrected chi connectivity index (χ1v) is 9.60. The van der Waals surface area contributed by atoms with Gasteiger partial charge in [-0.1, -0.05) is 24.4 Å². The molecule has 1 aromatic rings. The molecule has 2 fully saturated rings. The lowest BCUT2D eigenvalue weighted by atomic mass is 9.91. The molecule has 0 bridgehead atoms. The summed E-state index contributed by atoms with van der Waals surface area (Å²) in [6, 6.07) is 3.18. The third-order valence-electron chi connectivity index (χ3n) is 5.75. The molecule has 6 heteroatoms. The number of rotatable bonds is 6. The fourth-order valence-corrected chi connectivity index (χ4v) is 4.53. The van der Waals surface area contributed by atoms with Crippen LogP contribution in [0.15, 0.2) is 12.1 Å². The molecule has 1 amide bonds. The van der Waals surface area contributed by atoms with E-state index in [4.69, 9.17) is 22.1 Å². The molecule has 1 aliphatic heterocycles. The second-order valence-corrected chi connectivity index (χ2v) is 7.61. The smallest absolute Gasteiger partial charge is 0.255 e. The Morgan fingerprint density at radius 3 is 2.60 bits per heavy atom. The summed E-state index contributed by atoms with van der Waals surface area (Å²) in [4.78, 5) is 15.2. The van der Waals surface area contributed by atoms with Gasteiger partial charge >= 0.3 is 0 Å². The molecular formula is C19H28ClN3O2. The average Bonchev–Trinajstić information content (AvgIpc) is 3.28. The standard InChI is InChI=1S/C19H28ClN3O2/c1-25-17-13-16(21)15(20)12-14(17)18(24)22-9-8-19(6-2-3-7-19)23-10-4-5-11-23/h12-13H,2-11,21H2,1H3,(H,22,24). The summed E-state index contributed by atoms with van der Waals surface area (Å²) >= 11 is 6.07. The molecule has 138 valence electrons. The van der Waals surface area contributed by atoms with Crippen LogP contribution in [0.3, 0.4) is 0 Å². The highest BCUT2D eigenvalue weighted by molar-refractivity contribution is 6.33. The lowest BCUT2D eigenvalue weighted by molar-refractivity contribution is 0.0907. The number of amides is 1. The van der Waals surface area contributed by atoms with Gasteiger partial charge in [-0.3, -0.25) is 9.69 Å². The molecule has 1 aromatic carbocycles. The lowest BCUT2D eigenvalue weighted by Crippen LogP contribution is -2.47. The molecular weight excluding hydrogens is 338 g/mol. The quantitative estimate of drug-likeness (QED) is 0.757. The van der Waals surface area contributed by atoms with Crippen LogP contribution in [0.1, 0.15) is 55.3 Å². The van der Waals surface area contributed by atoms with Crippen molar-refractivity contribution in [3.8, 4) is 5.75 Å². The van der Waals surface area contributed by atoms with E-state index in [1.807, 2.05) is 0 Å². The first-order valence-electron chi connectivity index (χ1n) is 9.22. The number of hydrogen-bond acceptors (Lipinski definition) is 4. The van der Waals surface area contributed by atoms with E-state index < -0.39 is 0 Å². The van der Waals surface area contributed by atoms with Crippen LogP contribution in [0.2, 0.25) is 5.02 Å². The molecule has 1 heterocycles. The highest BCUT2D eigenvalue weighted by atomic mass is 35.5. The number of hydrogen-bond donors (Lipinski definition) is 2. The van der Waals surface area contributed by atoms with Crippen molar-refractivity contribution >= 4 is 23.2 Å². The van der Waals surface area contributed by atoms with E-state index >= 15 is 0 Å². The van der Waals surface area contributed by atoms with E-state index in [0.717, 1.165) is 6.42 Å². The summed E-state index contributed by atoms with van der Waals surface area (Å²) in [6.07, 6.45) is 8.70. The van der Waals surface area contributed by atoms with Gasteiger partial charge in [0.2, 0.25) is 0 Å². The monoisotopic (exact) mass is 365 g/mol. The zero-order valence-electron chi connectivity index (χ0n) is 14.9. The van der Waals surface area contributed by atoms with Crippen LogP contribution in [0.4, 0.5) is 5.69 Å². The molecule has 0 unspecified atom stereocenters. The highest BCUT2D eigenvalue weighted by Crippen LogP contribution is 2.39. The van der Waals surface area contributed by atoms with Crippen LogP contribution in [0.5, 0.6) is 5.75 Å². The van der Waals surface area contributed by atoms with Gasteiger partial charge < -0.3 is 15.8 Å². The maximum atomic E-state index is 12.6. The van der Waals surface area contributed by atoms with Crippen LogP contribution in [-0.4, -0.2) is 43.1 Å². The fourth-order valence-electron chi connectivity index (χ4n) is 4.37. The number of halogens is 1. The van der Waals surface area contributed by atoms with E-state index in [1.54, 1.807) is 12.1 Å². The van der Waals surface area contributed by atoms with Gasteiger partial charge in [0.1, 0.15) is 5.75 Å². The number of nitrogens with zero attached hydrogens (tertiary/aromatic N) is 1. The third-order valence-corrected chi connectivity index (χ3v) is 6.08. The molecule has 5 nitrogen and oxygen atoms in total. The van der Waals surface area contributed by atoms with Gasteiger partial charge in [-0.15, -0.1) is 0 Å². The molecule has 1 saturated carbocycles. The molecule has 25 heavy (non-hydrogen) atoms. The van der Waals surface area contributed by atoms with Crippen molar-refractivity contribution in [3.05, 3.63) is 22.7 Å². The van der Waals surface area contributed by atoms with Crippen molar-refractivity contribution in [2.75, 3.05) is 32.5 Å². The second-order valence-electron chi connectivity index (χ2n) is 7.21. The molecule has 1 saturated heterocycles. The van der Waals surface area contributed by atoms with Crippen molar-refractivity contribution in [2.45, 2.75) is 50.5 Å². The van der Waals surface area contributed by atoms with Crippen molar-refractivity contribution < 1.29 is 9.53 Å². The zero-order valence-corrected chi connectivity index (χ0v) is 15.7. The largest absolute Gasteiger partial charge is 0.496 e. The number of benzene rings is 1. The van der Waals surface area contributed by atoms with E-state index in [1.165, 1.54) is 58.7 Å². The number of nitrogens with two attached hydrogens (primary N) is 1. The van der Waals surface area contributed by atoms with E-state index in [9.17, 15) is 4.79 Å². The van der Waals surface area contributed by atoms with Crippen LogP contribution in [0, 0.1) is 0 Å². The number of carbonyl (C=O) groups excluding carboxylic acids is 1. The summed E-state index contributed by atoms with van der Waals surface area (Å²) in [6.45, 7) is 3.07. The molecule has 0 spiro atoms. The number of ether oxygens (including phenoxy) is 1. The van der Waals surface area contributed by atoms with E-state index in [0.29, 0.717) is 28.6 Å². The molecule has 3 N–H and O–H groups in total. The molecule has 0 atom stereocenters. The van der Waals surface area contributed by atoms with Crippen LogP contribution < -0.4 is 15.8 Å². The first-order chi connectivity index (χ1) is 12.1. The van der Waals surface area contributed by atoms with E-state index in [2.05, 4.69) is 10.2 Å². The van der Waals surface area contributed by atoms with Gasteiger partial charge in [-0.05, 0) is 51.3 Å². The first kappa shape index (κ1) is 18.3. The molecule has 0 radical (unpaired) electrons. The normalized spacial score (nSPS) is 19.9. The number of carbonyl (C=O) groups is 1. The minimum Gasteiger partial charge on any atom is -0.496 e. The van der Waals surface area contributed by atoms with Gasteiger partial charge in [-0.2, -0.15) is 0 Å². The summed E-state index contributed by atoms with van der Waals surface area (Å²) < 4.78 is 5.28. The Labute approximate surface area is 154 Å². The molecule has 2 aliphatic rings. The van der Waals surface area contributed by atoms with Gasteiger partial charge in [0, 0.05) is 18.2 Å². The van der Waals surface area contributed by atoms with Crippen molar-refractivity contribution in [1.82, 2.24) is 10.2 Å². The molecule has 1 aliphatic carbocycles. The Balaban J connectivity index is 1.63. The lowest BCUT2D eigenvalue weighted by Gasteiger charge is -2.39. The van der Waals surface area contributed by atoms with E-state index in [-0.39, 0.29) is 11.4 Å². The summed E-state index contributed by atoms with van der Waals surface area (Å²) in [7, 11) is 1.53. The topological polar surface area (TPSA) is 67.6 Å². The Hall–Kier alpha value is -1.46. The van der Waals surface area contributed by atoms with Crippen molar-refractivity contribution in [3.63, 3.8) is 0 Å². The van der Waals surface area contributed by atoms with Crippen molar-refractivity contribution in [1.29, 1.82) is 0 Å². The predicted octanol–water partition coefficient (Wildman–Crippen LogP) is 3.46. The fraction of sp³-hybridized carbons (Fsp3) is 0.632. The van der Waals surface area contributed by atoms with Gasteiger partial charge in [0.05, 0.1) is 23.4 Å². The number of nitrogen functional groups attached to an aromatic ring is 1. The highest BCUT2D eigenvalue weighted by Gasteiger charge is 2.40. The zero-order chi connectivity index (χ0) is 17.9. The minimum atomic E-state index is -0.159. The number of likely N-dealkylation sites (tertiary alicyclic amines) is 1. The van der Waals surface area contributed by atoms with Crippen LogP contribution in [-0.2, 0) is 0 Å². The van der Waals surface area contributed by atoms with Crippen molar-refractivity contribution in [2.24, 2.45) is 0 Å². The number of anilines is 1. The van der Waals surface area contributed by atoms with Gasteiger partial charge in [0.25, 0.3) is 5.91 Å². The summed E-state index contributed by atoms with van der Waals surface area (Å²) in [5.41, 5.74) is 6.92. The number of nitrogens with one attached hydrogen (secondary N) is 1. The minimum absolute atomic E-state index is 0.159. The van der Waals surface area contributed by atoms with Crippen LogP contribution in [0.25, 0.3) is 0 Å².